The summed E-state index contributed by atoms with van der Waals surface area (Å²) in [7, 11) is 1.59. The highest BCUT2D eigenvalue weighted by molar-refractivity contribution is 7.99. The maximum Gasteiger partial charge on any atom is 0.288 e. The number of hydrogen-bond acceptors (Lipinski definition) is 4. The van der Waals surface area contributed by atoms with Crippen LogP contribution < -0.4 is 0 Å². The van der Waals surface area contributed by atoms with Gasteiger partial charge in [-0.2, -0.15) is 8.78 Å². The van der Waals surface area contributed by atoms with Gasteiger partial charge in [0.05, 0.1) is 18.3 Å². The predicted octanol–water partition coefficient (Wildman–Crippen LogP) is 3.27. The molecule has 1 aliphatic rings. The van der Waals surface area contributed by atoms with Gasteiger partial charge in [0.1, 0.15) is 0 Å². The molecule has 0 bridgehead atoms. The van der Waals surface area contributed by atoms with E-state index in [1.54, 1.807) is 36.3 Å². The number of methoxy groups -OCH3 is 1. The van der Waals surface area contributed by atoms with Crippen molar-refractivity contribution < 1.29 is 23.0 Å². The molecule has 128 valence electrons. The molecule has 0 saturated carbocycles. The van der Waals surface area contributed by atoms with Crippen LogP contribution in [0.1, 0.15) is 24.2 Å². The second kappa shape index (κ2) is 7.59. The average Bonchev–Trinajstić information content (AvgIpc) is 2.45. The Bertz CT molecular complexity index is 537. The smallest absolute Gasteiger partial charge is 0.288 e. The van der Waals surface area contributed by atoms with Gasteiger partial charge in [0.25, 0.3) is 11.7 Å². The van der Waals surface area contributed by atoms with Gasteiger partial charge in [-0.05, 0) is 38.1 Å². The normalized spacial score (nSPS) is 20.8. The molecule has 23 heavy (non-hydrogen) atoms. The molecule has 1 aromatic carbocycles. The lowest BCUT2D eigenvalue weighted by atomic mass is 10.0. The van der Waals surface area contributed by atoms with Crippen molar-refractivity contribution in [3.05, 3.63) is 29.8 Å². The number of morpholine rings is 1. The molecule has 1 unspecified atom stereocenters. The van der Waals surface area contributed by atoms with Crippen LogP contribution in [-0.4, -0.2) is 55.1 Å². The summed E-state index contributed by atoms with van der Waals surface area (Å²) in [6, 6.07) is 6.26. The van der Waals surface area contributed by atoms with Gasteiger partial charge in [-0.1, -0.05) is 11.8 Å². The SMILES string of the molecule is COCC1CN(C(=O)c2ccc(SC(F)F)cc2)CC(C)(C)O1. The van der Waals surface area contributed by atoms with Gasteiger partial charge in [0, 0.05) is 30.7 Å². The van der Waals surface area contributed by atoms with Gasteiger partial charge in [-0.3, -0.25) is 4.79 Å². The summed E-state index contributed by atoms with van der Waals surface area (Å²) >= 11 is 0.466. The first-order valence-corrected chi connectivity index (χ1v) is 8.19. The van der Waals surface area contributed by atoms with E-state index in [-0.39, 0.29) is 12.0 Å². The van der Waals surface area contributed by atoms with E-state index < -0.39 is 11.4 Å². The van der Waals surface area contributed by atoms with Crippen molar-refractivity contribution in [1.82, 2.24) is 4.90 Å². The molecular weight excluding hydrogens is 324 g/mol. The fourth-order valence-electron chi connectivity index (χ4n) is 2.68. The summed E-state index contributed by atoms with van der Waals surface area (Å²) in [6.45, 7) is 5.19. The maximum atomic E-state index is 12.6. The van der Waals surface area contributed by atoms with Gasteiger partial charge >= 0.3 is 0 Å². The Kier molecular flexibility index (Phi) is 6.00. The van der Waals surface area contributed by atoms with E-state index in [1.807, 2.05) is 13.8 Å². The fourth-order valence-corrected chi connectivity index (χ4v) is 3.18. The van der Waals surface area contributed by atoms with Crippen LogP contribution in [0.15, 0.2) is 29.2 Å². The molecule has 0 N–H and O–H groups in total. The first kappa shape index (κ1) is 18.2. The Morgan fingerprint density at radius 1 is 1.43 bits per heavy atom. The molecule has 0 aromatic heterocycles. The zero-order valence-corrected chi connectivity index (χ0v) is 14.2. The summed E-state index contributed by atoms with van der Waals surface area (Å²) in [5.74, 6) is -2.59. The van der Waals surface area contributed by atoms with Crippen molar-refractivity contribution in [2.45, 2.75) is 36.2 Å². The number of hydrogen-bond donors (Lipinski definition) is 0. The Morgan fingerprint density at radius 3 is 2.65 bits per heavy atom. The lowest BCUT2D eigenvalue weighted by molar-refractivity contribution is -0.143. The second-order valence-electron chi connectivity index (χ2n) is 6.04. The summed E-state index contributed by atoms with van der Waals surface area (Å²) in [6.07, 6.45) is -0.179. The van der Waals surface area contributed by atoms with E-state index in [1.165, 1.54) is 0 Å². The lowest BCUT2D eigenvalue weighted by Crippen LogP contribution is -2.55. The van der Waals surface area contributed by atoms with Crippen molar-refractivity contribution in [1.29, 1.82) is 0 Å². The molecule has 1 heterocycles. The van der Waals surface area contributed by atoms with Crippen molar-refractivity contribution in [2.75, 3.05) is 26.8 Å². The Hall–Kier alpha value is -1.18. The molecule has 1 aromatic rings. The molecule has 4 nitrogen and oxygen atoms in total. The third kappa shape index (κ3) is 5.16. The molecule has 0 spiro atoms. The van der Waals surface area contributed by atoms with Gasteiger partial charge < -0.3 is 14.4 Å². The van der Waals surface area contributed by atoms with Crippen LogP contribution in [0.3, 0.4) is 0 Å². The van der Waals surface area contributed by atoms with Crippen molar-refractivity contribution >= 4 is 17.7 Å². The number of carbonyl (C=O) groups is 1. The van der Waals surface area contributed by atoms with Gasteiger partial charge in [0.15, 0.2) is 0 Å². The van der Waals surface area contributed by atoms with E-state index in [0.717, 1.165) is 0 Å². The molecule has 1 fully saturated rings. The predicted molar refractivity (Wildman–Crippen MR) is 85.0 cm³/mol. The van der Waals surface area contributed by atoms with E-state index in [2.05, 4.69) is 0 Å². The van der Waals surface area contributed by atoms with E-state index >= 15 is 0 Å². The molecule has 1 saturated heterocycles. The number of carbonyl (C=O) groups excluding carboxylic acids is 1. The molecule has 1 aliphatic heterocycles. The van der Waals surface area contributed by atoms with E-state index in [4.69, 9.17) is 9.47 Å². The molecule has 2 rings (SSSR count). The first-order chi connectivity index (χ1) is 10.8. The summed E-state index contributed by atoms with van der Waals surface area (Å²) in [4.78, 5) is 14.8. The molecule has 1 atom stereocenters. The third-order valence-electron chi connectivity index (χ3n) is 3.45. The molecular formula is C16H21F2NO3S. The minimum atomic E-state index is -2.47. The summed E-state index contributed by atoms with van der Waals surface area (Å²) < 4.78 is 35.7. The lowest BCUT2D eigenvalue weighted by Gasteiger charge is -2.42. The summed E-state index contributed by atoms with van der Waals surface area (Å²) in [5.41, 5.74) is 0.0280. The van der Waals surface area contributed by atoms with Crippen LogP contribution in [0.2, 0.25) is 0 Å². The highest BCUT2D eigenvalue weighted by Gasteiger charge is 2.35. The topological polar surface area (TPSA) is 38.8 Å². The maximum absolute atomic E-state index is 12.6. The number of nitrogens with zero attached hydrogens (tertiary/aromatic N) is 1. The molecule has 1 amide bonds. The zero-order valence-electron chi connectivity index (χ0n) is 13.4. The third-order valence-corrected chi connectivity index (χ3v) is 4.17. The number of halogens is 2. The number of thioether (sulfide) groups is 1. The van der Waals surface area contributed by atoms with Crippen LogP contribution in [0.25, 0.3) is 0 Å². The van der Waals surface area contributed by atoms with Crippen LogP contribution in [0, 0.1) is 0 Å². The van der Waals surface area contributed by atoms with Gasteiger partial charge in [-0.25, -0.2) is 0 Å². The Morgan fingerprint density at radius 2 is 2.09 bits per heavy atom. The van der Waals surface area contributed by atoms with Crippen LogP contribution in [0.4, 0.5) is 8.78 Å². The largest absolute Gasteiger partial charge is 0.382 e. The Labute approximate surface area is 139 Å². The number of rotatable bonds is 5. The van der Waals surface area contributed by atoms with Gasteiger partial charge in [0.2, 0.25) is 0 Å². The minimum Gasteiger partial charge on any atom is -0.382 e. The van der Waals surface area contributed by atoms with E-state index in [9.17, 15) is 13.6 Å². The Balaban J connectivity index is 2.09. The number of amides is 1. The average molecular weight is 345 g/mol. The van der Waals surface area contributed by atoms with Gasteiger partial charge in [-0.15, -0.1) is 0 Å². The number of benzene rings is 1. The van der Waals surface area contributed by atoms with Crippen LogP contribution >= 0.6 is 11.8 Å². The van der Waals surface area contributed by atoms with Crippen LogP contribution in [-0.2, 0) is 9.47 Å². The number of alkyl halides is 2. The van der Waals surface area contributed by atoms with Crippen molar-refractivity contribution in [3.8, 4) is 0 Å². The molecule has 0 aliphatic carbocycles. The second-order valence-corrected chi connectivity index (χ2v) is 7.11. The zero-order chi connectivity index (χ0) is 17.0. The van der Waals surface area contributed by atoms with Crippen LogP contribution in [0.5, 0.6) is 0 Å². The molecule has 7 heteroatoms. The highest BCUT2D eigenvalue weighted by Crippen LogP contribution is 2.26. The monoisotopic (exact) mass is 345 g/mol. The van der Waals surface area contributed by atoms with Crippen molar-refractivity contribution in [2.24, 2.45) is 0 Å². The molecule has 0 radical (unpaired) electrons. The minimum absolute atomic E-state index is 0.129. The summed E-state index contributed by atoms with van der Waals surface area (Å²) in [5, 5.41) is 0. The first-order valence-electron chi connectivity index (χ1n) is 7.31. The highest BCUT2D eigenvalue weighted by atomic mass is 32.2. The quantitative estimate of drug-likeness (QED) is 0.768. The fraction of sp³-hybridized carbons (Fsp3) is 0.562. The van der Waals surface area contributed by atoms with E-state index in [0.29, 0.717) is 41.9 Å². The van der Waals surface area contributed by atoms with Crippen molar-refractivity contribution in [3.63, 3.8) is 0 Å². The number of ether oxygens (including phenoxy) is 2. The standard InChI is InChI=1S/C16H21F2NO3S/c1-16(2)10-19(8-12(22-16)9-21-3)14(20)11-4-6-13(7-5-11)23-15(17)18/h4-7,12,15H,8-10H2,1-3H3.